The van der Waals surface area contributed by atoms with Crippen molar-refractivity contribution in [2.24, 2.45) is 17.8 Å². The lowest BCUT2D eigenvalue weighted by molar-refractivity contribution is -0.121. The van der Waals surface area contributed by atoms with Gasteiger partial charge in [0.05, 0.1) is 22.7 Å². The molecule has 2 aromatic rings. The minimum atomic E-state index is 0.0827. The number of nitrogens with zero attached hydrogens (tertiary/aromatic N) is 3. The molecule has 0 aliphatic heterocycles. The van der Waals surface area contributed by atoms with Gasteiger partial charge in [-0.25, -0.2) is 4.98 Å². The van der Waals surface area contributed by atoms with Crippen LogP contribution in [0.1, 0.15) is 64.0 Å². The van der Waals surface area contributed by atoms with Crippen molar-refractivity contribution in [3.05, 3.63) is 23.8 Å². The number of hydrogen-bond acceptors (Lipinski definition) is 3. The number of fused-ring (bicyclic) bond motifs is 1. The number of carbonyl (C=O) groups excluding carboxylic acids is 1. The highest BCUT2D eigenvalue weighted by Gasteiger charge is 2.36. The van der Waals surface area contributed by atoms with Crippen LogP contribution in [0.3, 0.4) is 0 Å². The largest absolute Gasteiger partial charge is 0.307 e. The van der Waals surface area contributed by atoms with Crippen molar-refractivity contribution in [2.75, 3.05) is 5.32 Å². The molecule has 2 fully saturated rings. The number of carbonyl (C=O) groups is 1. The van der Waals surface area contributed by atoms with Gasteiger partial charge in [0.1, 0.15) is 0 Å². The third-order valence-electron chi connectivity index (χ3n) is 6.29. The van der Waals surface area contributed by atoms with E-state index in [1.807, 2.05) is 12.1 Å². The third-order valence-corrected chi connectivity index (χ3v) is 6.29. The molecule has 5 nitrogen and oxygen atoms in total. The molecule has 136 valence electrons. The maximum atomic E-state index is 13.0. The molecule has 0 saturated heterocycles. The van der Waals surface area contributed by atoms with E-state index in [1.165, 1.54) is 6.42 Å². The fourth-order valence-corrected chi connectivity index (χ4v) is 4.64. The second-order valence-corrected chi connectivity index (χ2v) is 8.05. The van der Waals surface area contributed by atoms with Gasteiger partial charge < -0.3 is 4.57 Å². The monoisotopic (exact) mass is 350 g/mol. The lowest BCUT2D eigenvalue weighted by Crippen LogP contribution is -2.28. The molecule has 0 radical (unpaired) electrons. The van der Waals surface area contributed by atoms with Gasteiger partial charge in [-0.2, -0.15) is 5.26 Å². The first-order valence-electron chi connectivity index (χ1n) is 9.83. The molecular formula is C21H26N4O. The summed E-state index contributed by atoms with van der Waals surface area (Å²) in [6, 6.07) is 8.14. The van der Waals surface area contributed by atoms with Crippen LogP contribution in [0.15, 0.2) is 18.2 Å². The van der Waals surface area contributed by atoms with Gasteiger partial charge in [-0.05, 0) is 62.1 Å². The van der Waals surface area contributed by atoms with Gasteiger partial charge in [0.25, 0.3) is 0 Å². The zero-order valence-corrected chi connectivity index (χ0v) is 15.5. The van der Waals surface area contributed by atoms with E-state index in [0.717, 1.165) is 43.1 Å². The standard InChI is InChI=1S/C21H26N4O/c1-3-15-9-13(2)10-17(15)20(26)24-21-23-18-8-7-14(12-22)11-19(18)25(21)16-5-4-6-16/h7-8,11,13,15-17H,3-6,9-10H2,1-2H3,(H,23,24,26). The van der Waals surface area contributed by atoms with Crippen LogP contribution in [0.25, 0.3) is 11.0 Å². The van der Waals surface area contributed by atoms with E-state index >= 15 is 0 Å². The first-order chi connectivity index (χ1) is 12.6. The van der Waals surface area contributed by atoms with Crippen molar-refractivity contribution < 1.29 is 4.79 Å². The molecule has 1 aromatic carbocycles. The van der Waals surface area contributed by atoms with Crippen molar-refractivity contribution in [3.63, 3.8) is 0 Å². The van der Waals surface area contributed by atoms with Crippen LogP contribution in [0.2, 0.25) is 0 Å². The number of nitrogens with one attached hydrogen (secondary N) is 1. The van der Waals surface area contributed by atoms with E-state index < -0.39 is 0 Å². The quantitative estimate of drug-likeness (QED) is 0.873. The summed E-state index contributed by atoms with van der Waals surface area (Å²) in [4.78, 5) is 17.7. The van der Waals surface area contributed by atoms with Gasteiger partial charge in [-0.15, -0.1) is 0 Å². The fraction of sp³-hybridized carbons (Fsp3) is 0.571. The maximum absolute atomic E-state index is 13.0. The molecule has 0 spiro atoms. The lowest BCUT2D eigenvalue weighted by Gasteiger charge is -2.29. The van der Waals surface area contributed by atoms with Crippen molar-refractivity contribution in [3.8, 4) is 6.07 Å². The minimum absolute atomic E-state index is 0.0827. The summed E-state index contributed by atoms with van der Waals surface area (Å²) < 4.78 is 2.15. The van der Waals surface area contributed by atoms with Crippen LogP contribution >= 0.6 is 0 Å². The maximum Gasteiger partial charge on any atom is 0.230 e. The van der Waals surface area contributed by atoms with Gasteiger partial charge in [0.15, 0.2) is 0 Å². The summed E-state index contributed by atoms with van der Waals surface area (Å²) in [6.45, 7) is 4.42. The number of imidazole rings is 1. The normalized spacial score (nSPS) is 25.8. The Labute approximate surface area is 154 Å². The first kappa shape index (κ1) is 17.1. The molecule has 1 heterocycles. The minimum Gasteiger partial charge on any atom is -0.307 e. The second-order valence-electron chi connectivity index (χ2n) is 8.05. The van der Waals surface area contributed by atoms with E-state index in [0.29, 0.717) is 29.4 Å². The average Bonchev–Trinajstić information content (AvgIpc) is 3.14. The molecule has 1 aromatic heterocycles. The van der Waals surface area contributed by atoms with Gasteiger partial charge in [-0.3, -0.25) is 10.1 Å². The molecule has 4 rings (SSSR count). The number of benzene rings is 1. The van der Waals surface area contributed by atoms with Crippen LogP contribution in [0.5, 0.6) is 0 Å². The molecular weight excluding hydrogens is 324 g/mol. The summed E-state index contributed by atoms with van der Waals surface area (Å²) in [5.41, 5.74) is 2.43. The van der Waals surface area contributed by atoms with Gasteiger partial charge in [0.2, 0.25) is 11.9 Å². The van der Waals surface area contributed by atoms with E-state index in [-0.39, 0.29) is 11.8 Å². The average molecular weight is 350 g/mol. The summed E-state index contributed by atoms with van der Waals surface area (Å²) in [6.07, 6.45) is 6.55. The van der Waals surface area contributed by atoms with Crippen LogP contribution < -0.4 is 5.32 Å². The molecule has 1 N–H and O–H groups in total. The second kappa shape index (κ2) is 6.75. The van der Waals surface area contributed by atoms with E-state index in [4.69, 9.17) is 4.98 Å². The smallest absolute Gasteiger partial charge is 0.230 e. The number of anilines is 1. The van der Waals surface area contributed by atoms with Crippen LogP contribution in [-0.2, 0) is 4.79 Å². The van der Waals surface area contributed by atoms with Crippen LogP contribution in [0, 0.1) is 29.1 Å². The summed E-state index contributed by atoms with van der Waals surface area (Å²) in [5, 5.41) is 12.4. The van der Waals surface area contributed by atoms with Gasteiger partial charge >= 0.3 is 0 Å². The van der Waals surface area contributed by atoms with Gasteiger partial charge in [-0.1, -0.05) is 20.3 Å². The summed E-state index contributed by atoms with van der Waals surface area (Å²) in [5.74, 6) is 1.92. The molecule has 5 heteroatoms. The predicted molar refractivity (Wildman–Crippen MR) is 102 cm³/mol. The van der Waals surface area contributed by atoms with Crippen molar-refractivity contribution in [1.82, 2.24) is 9.55 Å². The highest BCUT2D eigenvalue weighted by Crippen LogP contribution is 2.40. The van der Waals surface area contributed by atoms with E-state index in [2.05, 4.69) is 29.8 Å². The highest BCUT2D eigenvalue weighted by molar-refractivity contribution is 5.93. The highest BCUT2D eigenvalue weighted by atomic mass is 16.2. The van der Waals surface area contributed by atoms with E-state index in [9.17, 15) is 10.1 Å². The van der Waals surface area contributed by atoms with Crippen LogP contribution in [0.4, 0.5) is 5.95 Å². The SMILES string of the molecule is CCC1CC(C)CC1C(=O)Nc1nc2ccc(C#N)cc2n1C1CCC1. The Hall–Kier alpha value is -2.35. The number of rotatable bonds is 4. The molecule has 2 aliphatic rings. The Morgan fingerprint density at radius 3 is 2.85 bits per heavy atom. The fourth-order valence-electron chi connectivity index (χ4n) is 4.64. The topological polar surface area (TPSA) is 70.7 Å². The molecule has 3 unspecified atom stereocenters. The number of hydrogen-bond donors (Lipinski definition) is 1. The summed E-state index contributed by atoms with van der Waals surface area (Å²) in [7, 11) is 0. The zero-order chi connectivity index (χ0) is 18.3. The molecule has 2 saturated carbocycles. The Bertz CT molecular complexity index is 874. The predicted octanol–water partition coefficient (Wildman–Crippen LogP) is 4.64. The Morgan fingerprint density at radius 1 is 1.38 bits per heavy atom. The number of aromatic nitrogens is 2. The van der Waals surface area contributed by atoms with Crippen molar-refractivity contribution in [1.29, 1.82) is 5.26 Å². The Morgan fingerprint density at radius 2 is 2.19 bits per heavy atom. The first-order valence-corrected chi connectivity index (χ1v) is 9.83. The number of amides is 1. The Balaban J connectivity index is 1.67. The molecule has 3 atom stereocenters. The summed E-state index contributed by atoms with van der Waals surface area (Å²) >= 11 is 0. The number of nitriles is 1. The zero-order valence-electron chi connectivity index (χ0n) is 15.5. The lowest BCUT2D eigenvalue weighted by atomic mass is 9.92. The van der Waals surface area contributed by atoms with Gasteiger partial charge in [0, 0.05) is 12.0 Å². The van der Waals surface area contributed by atoms with Crippen molar-refractivity contribution >= 4 is 22.9 Å². The van der Waals surface area contributed by atoms with E-state index in [1.54, 1.807) is 6.07 Å². The Kier molecular flexibility index (Phi) is 4.44. The van der Waals surface area contributed by atoms with Crippen LogP contribution in [-0.4, -0.2) is 15.5 Å². The third kappa shape index (κ3) is 2.88. The molecule has 1 amide bonds. The molecule has 2 aliphatic carbocycles. The molecule has 0 bridgehead atoms. The molecule has 26 heavy (non-hydrogen) atoms. The van der Waals surface area contributed by atoms with Crippen molar-refractivity contribution in [2.45, 2.75) is 58.4 Å².